The zero-order chi connectivity index (χ0) is 33.0. The van der Waals surface area contributed by atoms with E-state index in [1.54, 1.807) is 20.1 Å². The Balaban J connectivity index is 1.58. The van der Waals surface area contributed by atoms with Crippen molar-refractivity contribution >= 4 is 29.7 Å². The fraction of sp³-hybridized carbons (Fsp3) is 0.788. The van der Waals surface area contributed by atoms with E-state index in [4.69, 9.17) is 18.9 Å². The minimum Gasteiger partial charge on any atom is -0.481 e. The van der Waals surface area contributed by atoms with Crippen LogP contribution in [0.3, 0.4) is 0 Å². The molecule has 3 N–H and O–H groups in total. The van der Waals surface area contributed by atoms with Crippen LogP contribution < -0.4 is 0 Å². The lowest BCUT2D eigenvalue weighted by molar-refractivity contribution is -0.243. The van der Waals surface area contributed by atoms with Crippen LogP contribution in [0.15, 0.2) is 11.8 Å². The zero-order valence-electron chi connectivity index (χ0n) is 26.6. The molecule has 6 rings (SSSR count). The number of allylic oxidation sites excluding steroid dienone is 1. The van der Waals surface area contributed by atoms with Gasteiger partial charge in [0.15, 0.2) is 12.2 Å². The van der Waals surface area contributed by atoms with Crippen LogP contribution in [0.4, 0.5) is 0 Å². The number of Topliss-reactive ketones (excluding diaryl/α,β-unsaturated/α-hetero) is 1. The average molecular weight is 633 g/mol. The van der Waals surface area contributed by atoms with Crippen molar-refractivity contribution in [2.45, 2.75) is 103 Å². The largest absolute Gasteiger partial charge is 0.481 e. The third-order valence-corrected chi connectivity index (χ3v) is 13.1. The van der Waals surface area contributed by atoms with Gasteiger partial charge in [0.05, 0.1) is 17.9 Å². The van der Waals surface area contributed by atoms with E-state index < -0.39 is 99.4 Å². The Morgan fingerprint density at radius 1 is 1.00 bits per heavy atom. The number of carbonyl (C=O) groups excluding carboxylic acids is 4. The van der Waals surface area contributed by atoms with E-state index in [2.05, 4.69) is 0 Å². The lowest BCUT2D eigenvalue weighted by Crippen LogP contribution is -2.72. The van der Waals surface area contributed by atoms with Crippen molar-refractivity contribution in [3.8, 4) is 0 Å². The van der Waals surface area contributed by atoms with Gasteiger partial charge in [0.25, 0.3) is 0 Å². The smallest absolute Gasteiger partial charge is 0.341 e. The molecule has 1 saturated heterocycles. The van der Waals surface area contributed by atoms with Crippen LogP contribution in [-0.4, -0.2) is 82.1 Å². The summed E-state index contributed by atoms with van der Waals surface area (Å²) in [6.45, 7) is 8.03. The molecular formula is C33H44O12. The quantitative estimate of drug-likeness (QED) is 0.297. The number of hydrogen-bond acceptors (Lipinski definition) is 11. The number of fused-ring (bicyclic) bond motifs is 9. The average Bonchev–Trinajstić information content (AvgIpc) is 3.34. The maximum Gasteiger partial charge on any atom is 0.341 e. The van der Waals surface area contributed by atoms with Crippen LogP contribution in [0.1, 0.15) is 73.1 Å². The maximum atomic E-state index is 14.5. The molecule has 0 spiro atoms. The Labute approximate surface area is 261 Å². The number of aliphatic carboxylic acids is 1. The van der Waals surface area contributed by atoms with E-state index in [1.807, 2.05) is 13.8 Å². The third kappa shape index (κ3) is 4.16. The van der Waals surface area contributed by atoms with Gasteiger partial charge in [0.2, 0.25) is 5.78 Å². The zero-order valence-corrected chi connectivity index (χ0v) is 26.6. The highest BCUT2D eigenvalue weighted by Crippen LogP contribution is 2.74. The lowest BCUT2D eigenvalue weighted by Gasteiger charge is -2.64. The van der Waals surface area contributed by atoms with Crippen molar-refractivity contribution in [2.24, 2.45) is 51.8 Å². The molecule has 5 aliphatic carbocycles. The van der Waals surface area contributed by atoms with Crippen LogP contribution >= 0.6 is 0 Å². The normalized spacial score (nSPS) is 49.7. The van der Waals surface area contributed by atoms with E-state index in [0.29, 0.717) is 25.7 Å². The van der Waals surface area contributed by atoms with E-state index in [0.717, 1.165) is 0 Å². The number of hydrogen-bond donors (Lipinski definition) is 3. The van der Waals surface area contributed by atoms with Gasteiger partial charge in [0, 0.05) is 44.1 Å². The maximum absolute atomic E-state index is 14.5. The minimum absolute atomic E-state index is 0.139. The molecule has 4 saturated carbocycles. The highest BCUT2D eigenvalue weighted by molar-refractivity contribution is 5.95. The summed E-state index contributed by atoms with van der Waals surface area (Å²) in [5.74, 6) is -7.36. The molecule has 248 valence electrons. The summed E-state index contributed by atoms with van der Waals surface area (Å²) in [7, 11) is 1.60. The second kappa shape index (κ2) is 10.3. The number of carboxylic acid groups (broad SMARTS) is 1. The Morgan fingerprint density at radius 2 is 1.67 bits per heavy atom. The van der Waals surface area contributed by atoms with Crippen LogP contribution in [-0.2, 0) is 42.9 Å². The third-order valence-electron chi connectivity index (χ3n) is 13.1. The highest BCUT2D eigenvalue weighted by atomic mass is 16.6. The summed E-state index contributed by atoms with van der Waals surface area (Å²) >= 11 is 0. The first-order chi connectivity index (χ1) is 21.0. The van der Waals surface area contributed by atoms with Crippen molar-refractivity contribution in [3.05, 3.63) is 11.8 Å². The van der Waals surface area contributed by atoms with E-state index in [1.165, 1.54) is 13.8 Å². The molecule has 13 unspecified atom stereocenters. The summed E-state index contributed by atoms with van der Waals surface area (Å²) < 4.78 is 23.3. The molecule has 5 fully saturated rings. The molecular weight excluding hydrogens is 588 g/mol. The van der Waals surface area contributed by atoms with Gasteiger partial charge in [-0.15, -0.1) is 0 Å². The number of ether oxygens (including phenoxy) is 4. The van der Waals surface area contributed by atoms with Gasteiger partial charge in [-0.05, 0) is 68.3 Å². The van der Waals surface area contributed by atoms with Crippen molar-refractivity contribution in [3.63, 3.8) is 0 Å². The number of aliphatic hydroxyl groups excluding tert-OH is 1. The molecule has 0 aromatic carbocycles. The Hall–Kier alpha value is -2.83. The Morgan fingerprint density at radius 3 is 2.27 bits per heavy atom. The molecule has 0 bridgehead atoms. The van der Waals surface area contributed by atoms with Gasteiger partial charge in [-0.1, -0.05) is 13.8 Å². The molecule has 0 radical (unpaired) electrons. The van der Waals surface area contributed by atoms with Gasteiger partial charge in [-0.2, -0.15) is 0 Å². The second-order valence-electron chi connectivity index (χ2n) is 15.1. The summed E-state index contributed by atoms with van der Waals surface area (Å²) in [5, 5.41) is 33.5. The summed E-state index contributed by atoms with van der Waals surface area (Å²) in [4.78, 5) is 65.0. The monoisotopic (exact) mass is 632 g/mol. The lowest BCUT2D eigenvalue weighted by atomic mass is 9.41. The van der Waals surface area contributed by atoms with Crippen molar-refractivity contribution in [2.75, 3.05) is 7.11 Å². The van der Waals surface area contributed by atoms with Crippen LogP contribution in [0.2, 0.25) is 0 Å². The van der Waals surface area contributed by atoms with E-state index in [-0.39, 0.29) is 30.6 Å². The van der Waals surface area contributed by atoms with Gasteiger partial charge in [-0.3, -0.25) is 19.2 Å². The van der Waals surface area contributed by atoms with Crippen molar-refractivity contribution in [1.29, 1.82) is 0 Å². The first kappa shape index (κ1) is 32.1. The predicted octanol–water partition coefficient (Wildman–Crippen LogP) is 2.18. The minimum atomic E-state index is -1.78. The van der Waals surface area contributed by atoms with Gasteiger partial charge in [0.1, 0.15) is 17.5 Å². The number of carboxylic acids is 1. The van der Waals surface area contributed by atoms with E-state index in [9.17, 15) is 39.3 Å². The fourth-order valence-corrected chi connectivity index (χ4v) is 11.4. The molecule has 12 nitrogen and oxygen atoms in total. The molecule has 14 atom stereocenters. The number of methoxy groups -OCH3 is 1. The predicted molar refractivity (Wildman–Crippen MR) is 153 cm³/mol. The topological polar surface area (TPSA) is 183 Å². The van der Waals surface area contributed by atoms with Crippen molar-refractivity contribution < 1.29 is 58.2 Å². The molecule has 12 heteroatoms. The number of aliphatic hydroxyl groups is 2. The van der Waals surface area contributed by atoms with Crippen LogP contribution in [0, 0.1) is 51.8 Å². The van der Waals surface area contributed by atoms with Gasteiger partial charge in [-0.25, -0.2) is 4.79 Å². The summed E-state index contributed by atoms with van der Waals surface area (Å²) in [6.07, 6.45) is -0.804. The summed E-state index contributed by atoms with van der Waals surface area (Å²) in [6, 6.07) is 0. The first-order valence-corrected chi connectivity index (χ1v) is 15.9. The Kier molecular flexibility index (Phi) is 7.38. The van der Waals surface area contributed by atoms with Crippen LogP contribution in [0.25, 0.3) is 0 Å². The highest BCUT2D eigenvalue weighted by Gasteiger charge is 2.78. The standard InChI is InChI=1S/C33H44O12/c1-14(34)43-25-21-18(31(4)13-17(42-6)7-10-33(31,41)27(25)38)8-9-30(3)22-16(12-20(36)37)11-19-32(5,28(39)29(40)45-19)24(22)26(23(21)30)44-15(2)35/h11,16-18,21-26,28,39,41H,7-10,12-13H2,1-6H3,(H,36,37)/t16?,17-,18?,21?,22?,23?,24?,25?,26?,28?,30?,31?,32?,33?/m0/s1. The molecule has 0 amide bonds. The molecule has 1 heterocycles. The summed E-state index contributed by atoms with van der Waals surface area (Å²) in [5.41, 5.74) is -4.89. The van der Waals surface area contributed by atoms with Gasteiger partial charge < -0.3 is 34.3 Å². The van der Waals surface area contributed by atoms with Crippen molar-refractivity contribution in [1.82, 2.24) is 0 Å². The number of esters is 3. The van der Waals surface area contributed by atoms with Crippen LogP contribution in [0.5, 0.6) is 0 Å². The van der Waals surface area contributed by atoms with Gasteiger partial charge >= 0.3 is 23.9 Å². The van der Waals surface area contributed by atoms with E-state index >= 15 is 0 Å². The second-order valence-corrected chi connectivity index (χ2v) is 15.1. The molecule has 6 aliphatic rings. The fourth-order valence-electron chi connectivity index (χ4n) is 11.4. The number of carbonyl (C=O) groups is 5. The molecule has 1 aliphatic heterocycles. The molecule has 0 aromatic heterocycles. The number of ketones is 1. The number of rotatable bonds is 5. The first-order valence-electron chi connectivity index (χ1n) is 15.9. The molecule has 0 aromatic rings. The Bertz CT molecular complexity index is 1370. The SMILES string of the molecule is CO[C@H]1CCC2(O)C(=O)C(OC(C)=O)C3C4C(OC(C)=O)C5C(C(CC(=O)O)C=C6OC(=O)C(O)C65C)C4(C)CCC3C2(C)C1. The molecule has 45 heavy (non-hydrogen) atoms.